The lowest BCUT2D eigenvalue weighted by Gasteiger charge is -2.39. The Morgan fingerprint density at radius 3 is 2.70 bits per heavy atom. The predicted molar refractivity (Wildman–Crippen MR) is 87.8 cm³/mol. The highest BCUT2D eigenvalue weighted by atomic mass is 79.9. The van der Waals surface area contributed by atoms with Crippen LogP contribution in [0.2, 0.25) is 0 Å². The molecule has 1 aliphatic carbocycles. The Labute approximate surface area is 143 Å². The number of amides is 1. The Balaban J connectivity index is 1.67. The number of carbonyl (C=O) groups excluding carboxylic acids is 1. The highest BCUT2D eigenvalue weighted by Gasteiger charge is 2.45. The molecule has 120 valence electrons. The molecule has 1 saturated heterocycles. The van der Waals surface area contributed by atoms with Crippen LogP contribution in [-0.4, -0.2) is 28.0 Å². The highest BCUT2D eigenvalue weighted by molar-refractivity contribution is 9.10. The van der Waals surface area contributed by atoms with Gasteiger partial charge in [0.1, 0.15) is 6.04 Å². The summed E-state index contributed by atoms with van der Waals surface area (Å²) >= 11 is 3.48. The van der Waals surface area contributed by atoms with Crippen LogP contribution in [-0.2, 0) is 10.2 Å². The maximum Gasteiger partial charge on any atom is 0.249 e. The van der Waals surface area contributed by atoms with E-state index in [1.54, 1.807) is 4.90 Å². The number of hydrogen-bond acceptors (Lipinski definition) is 4. The van der Waals surface area contributed by atoms with Gasteiger partial charge >= 0.3 is 0 Å². The molecule has 2 aliphatic rings. The molecule has 0 N–H and O–H groups in total. The van der Waals surface area contributed by atoms with Crippen LogP contribution in [0.4, 0.5) is 0 Å². The number of carbonyl (C=O) groups is 1. The van der Waals surface area contributed by atoms with Crippen LogP contribution in [0.3, 0.4) is 0 Å². The summed E-state index contributed by atoms with van der Waals surface area (Å²) in [6.45, 7) is 0.768. The summed E-state index contributed by atoms with van der Waals surface area (Å²) in [6.07, 6.45) is 6.01. The van der Waals surface area contributed by atoms with Crippen molar-refractivity contribution in [1.29, 1.82) is 0 Å². The first-order valence-electron chi connectivity index (χ1n) is 8.04. The maximum atomic E-state index is 11.1. The summed E-state index contributed by atoms with van der Waals surface area (Å²) in [5.41, 5.74) is 1.10. The molecule has 0 bridgehead atoms. The minimum Gasteiger partial charge on any atom is -0.337 e. The predicted octanol–water partition coefficient (Wildman–Crippen LogP) is 3.60. The molecule has 0 radical (unpaired) electrons. The van der Waals surface area contributed by atoms with Gasteiger partial charge in [-0.1, -0.05) is 39.6 Å². The Kier molecular flexibility index (Phi) is 3.71. The standard InChI is InChI=1S/C17H18BrN3O2/c18-13-6-4-12(5-7-13)17(8-2-9-17)16-19-15(23-20-16)14-3-1-10-21(14)11-22/h4-7,11,14H,1-3,8-10H2. The van der Waals surface area contributed by atoms with Crippen LogP contribution < -0.4 is 0 Å². The molecular weight excluding hydrogens is 358 g/mol. The lowest BCUT2D eigenvalue weighted by molar-refractivity contribution is -0.119. The number of halogens is 1. The average Bonchev–Trinajstić information content (AvgIpc) is 3.16. The molecule has 1 aromatic heterocycles. The Hall–Kier alpha value is -1.69. The summed E-state index contributed by atoms with van der Waals surface area (Å²) < 4.78 is 6.60. The average molecular weight is 376 g/mol. The van der Waals surface area contributed by atoms with Crippen molar-refractivity contribution >= 4 is 22.3 Å². The first-order valence-corrected chi connectivity index (χ1v) is 8.83. The quantitative estimate of drug-likeness (QED) is 0.766. The molecule has 1 amide bonds. The van der Waals surface area contributed by atoms with Gasteiger partial charge in [-0.05, 0) is 43.4 Å². The molecule has 1 saturated carbocycles. The molecule has 2 fully saturated rings. The summed E-state index contributed by atoms with van der Waals surface area (Å²) in [5.74, 6) is 1.34. The van der Waals surface area contributed by atoms with Gasteiger partial charge in [0.2, 0.25) is 12.3 Å². The number of aromatic nitrogens is 2. The minimum absolute atomic E-state index is 0.0594. The lowest BCUT2D eigenvalue weighted by atomic mass is 9.64. The van der Waals surface area contributed by atoms with Gasteiger partial charge in [0.05, 0.1) is 5.41 Å². The second-order valence-electron chi connectivity index (χ2n) is 6.40. The molecule has 6 heteroatoms. The van der Waals surface area contributed by atoms with Gasteiger partial charge in [0.25, 0.3) is 0 Å². The van der Waals surface area contributed by atoms with Crippen LogP contribution >= 0.6 is 15.9 Å². The molecule has 1 aliphatic heterocycles. The van der Waals surface area contributed by atoms with E-state index in [1.807, 2.05) is 0 Å². The number of likely N-dealkylation sites (tertiary alicyclic amines) is 1. The van der Waals surface area contributed by atoms with E-state index in [-0.39, 0.29) is 11.5 Å². The van der Waals surface area contributed by atoms with Crippen molar-refractivity contribution in [2.24, 2.45) is 0 Å². The Morgan fingerprint density at radius 1 is 1.26 bits per heavy atom. The van der Waals surface area contributed by atoms with Crippen molar-refractivity contribution < 1.29 is 9.32 Å². The van der Waals surface area contributed by atoms with E-state index < -0.39 is 0 Å². The maximum absolute atomic E-state index is 11.1. The van der Waals surface area contributed by atoms with E-state index in [0.717, 1.165) is 48.9 Å². The fraction of sp³-hybridized carbons (Fsp3) is 0.471. The first kappa shape index (κ1) is 14.9. The molecule has 0 spiro atoms. The van der Waals surface area contributed by atoms with Crippen molar-refractivity contribution in [1.82, 2.24) is 15.0 Å². The topological polar surface area (TPSA) is 59.2 Å². The largest absolute Gasteiger partial charge is 0.337 e. The van der Waals surface area contributed by atoms with E-state index >= 15 is 0 Å². The zero-order valence-electron chi connectivity index (χ0n) is 12.7. The normalized spacial score (nSPS) is 22.8. The van der Waals surface area contributed by atoms with E-state index in [0.29, 0.717) is 5.89 Å². The zero-order chi connectivity index (χ0) is 15.9. The molecule has 1 atom stereocenters. The number of benzene rings is 1. The molecule has 5 nitrogen and oxygen atoms in total. The molecule has 4 rings (SSSR count). The van der Waals surface area contributed by atoms with E-state index in [1.165, 1.54) is 12.0 Å². The van der Waals surface area contributed by atoms with Crippen LogP contribution in [0.15, 0.2) is 33.3 Å². The molecule has 1 unspecified atom stereocenters. The summed E-state index contributed by atoms with van der Waals surface area (Å²) in [7, 11) is 0. The van der Waals surface area contributed by atoms with E-state index in [9.17, 15) is 4.79 Å². The van der Waals surface area contributed by atoms with Gasteiger partial charge in [0, 0.05) is 11.0 Å². The van der Waals surface area contributed by atoms with Crippen LogP contribution in [0.1, 0.15) is 55.4 Å². The van der Waals surface area contributed by atoms with Gasteiger partial charge in [-0.25, -0.2) is 0 Å². The highest BCUT2D eigenvalue weighted by Crippen LogP contribution is 2.48. The third-order valence-electron chi connectivity index (χ3n) is 5.19. The van der Waals surface area contributed by atoms with Crippen LogP contribution in [0.25, 0.3) is 0 Å². The fourth-order valence-electron chi connectivity index (χ4n) is 3.69. The monoisotopic (exact) mass is 375 g/mol. The van der Waals surface area contributed by atoms with E-state index in [2.05, 4.69) is 45.4 Å². The van der Waals surface area contributed by atoms with Crippen molar-refractivity contribution in [3.8, 4) is 0 Å². The molecule has 23 heavy (non-hydrogen) atoms. The Bertz CT molecular complexity index is 709. The molecular formula is C17H18BrN3O2. The molecule has 1 aromatic carbocycles. The number of rotatable bonds is 4. The van der Waals surface area contributed by atoms with Crippen molar-refractivity contribution in [3.63, 3.8) is 0 Å². The summed E-state index contributed by atoms with van der Waals surface area (Å²) in [5, 5.41) is 4.28. The zero-order valence-corrected chi connectivity index (χ0v) is 14.3. The number of hydrogen-bond donors (Lipinski definition) is 0. The summed E-state index contributed by atoms with van der Waals surface area (Å²) in [4.78, 5) is 17.6. The van der Waals surface area contributed by atoms with Crippen molar-refractivity contribution in [2.45, 2.75) is 43.6 Å². The third-order valence-corrected chi connectivity index (χ3v) is 5.72. The first-order chi connectivity index (χ1) is 11.2. The minimum atomic E-state index is -0.132. The second kappa shape index (κ2) is 5.74. The van der Waals surface area contributed by atoms with Gasteiger partial charge in [-0.15, -0.1) is 0 Å². The smallest absolute Gasteiger partial charge is 0.249 e. The number of nitrogens with zero attached hydrogens (tertiary/aromatic N) is 3. The SMILES string of the molecule is O=CN1CCCC1c1nc(C2(c3ccc(Br)cc3)CCC2)no1. The molecule has 2 heterocycles. The van der Waals surface area contributed by atoms with Crippen LogP contribution in [0, 0.1) is 0 Å². The van der Waals surface area contributed by atoms with Crippen LogP contribution in [0.5, 0.6) is 0 Å². The Morgan fingerprint density at radius 2 is 2.04 bits per heavy atom. The van der Waals surface area contributed by atoms with Gasteiger partial charge in [-0.3, -0.25) is 4.79 Å². The van der Waals surface area contributed by atoms with Gasteiger partial charge < -0.3 is 9.42 Å². The summed E-state index contributed by atoms with van der Waals surface area (Å²) in [6, 6.07) is 8.32. The van der Waals surface area contributed by atoms with Gasteiger partial charge in [0.15, 0.2) is 5.82 Å². The van der Waals surface area contributed by atoms with Crippen molar-refractivity contribution in [3.05, 3.63) is 46.0 Å². The third kappa shape index (κ3) is 2.40. The lowest BCUT2D eigenvalue weighted by Crippen LogP contribution is -2.36. The molecule has 2 aromatic rings. The van der Waals surface area contributed by atoms with E-state index in [4.69, 9.17) is 9.51 Å². The fourth-order valence-corrected chi connectivity index (χ4v) is 3.95. The second-order valence-corrected chi connectivity index (χ2v) is 7.32. The van der Waals surface area contributed by atoms with Crippen molar-refractivity contribution in [2.75, 3.05) is 6.54 Å². The van der Waals surface area contributed by atoms with Gasteiger partial charge in [-0.2, -0.15) is 4.98 Å².